The largest absolute Gasteiger partial charge is 0.379 e. The Hall–Kier alpha value is -1.61. The van der Waals surface area contributed by atoms with Crippen molar-refractivity contribution < 1.29 is 14.8 Å². The van der Waals surface area contributed by atoms with Crippen LogP contribution >= 0.6 is 11.6 Å². The normalized spacial score (nSPS) is 9.83. The first-order valence-electron chi connectivity index (χ1n) is 5.47. The maximum Gasteiger partial charge on any atom is 0.279 e. The lowest BCUT2D eigenvalue weighted by atomic mass is 10.2. The van der Waals surface area contributed by atoms with Crippen LogP contribution < -0.4 is 10.6 Å². The van der Waals surface area contributed by atoms with Crippen molar-refractivity contribution in [1.82, 2.24) is 0 Å². The first kappa shape index (κ1) is 14.5. The number of carbonyl (C=O) groups excluding carboxylic acids is 1. The summed E-state index contributed by atoms with van der Waals surface area (Å²) in [4.78, 5) is 11.6. The number of methoxy groups -OCH3 is 1. The van der Waals surface area contributed by atoms with Crippen LogP contribution in [0.25, 0.3) is 0 Å². The summed E-state index contributed by atoms with van der Waals surface area (Å²) in [6.07, 6.45) is 0. The van der Waals surface area contributed by atoms with Crippen LogP contribution in [0.5, 0.6) is 0 Å². The van der Waals surface area contributed by atoms with E-state index in [1.54, 1.807) is 25.3 Å². The Balaban J connectivity index is 2.45. The van der Waals surface area contributed by atoms with E-state index < -0.39 is 0 Å². The summed E-state index contributed by atoms with van der Waals surface area (Å²) in [7, 11) is 1.62. The monoisotopic (exact) mass is 268 g/mol. The summed E-state index contributed by atoms with van der Waals surface area (Å²) in [5.41, 5.74) is 0.977. The second-order valence-electron chi connectivity index (χ2n) is 3.63. The van der Waals surface area contributed by atoms with Crippen LogP contribution in [0.3, 0.4) is 0 Å². The zero-order valence-electron chi connectivity index (χ0n) is 10.1. The predicted molar refractivity (Wildman–Crippen MR) is 68.3 cm³/mol. The van der Waals surface area contributed by atoms with Gasteiger partial charge in [0.2, 0.25) is 0 Å². The summed E-state index contributed by atoms with van der Waals surface area (Å²) in [6, 6.07) is 6.75. The van der Waals surface area contributed by atoms with Gasteiger partial charge in [-0.05, 0) is 18.2 Å². The molecule has 0 spiro atoms. The quantitative estimate of drug-likeness (QED) is 0.731. The lowest BCUT2D eigenvalue weighted by molar-refractivity contribution is -0.645. The zero-order valence-corrected chi connectivity index (χ0v) is 10.8. The number of halogens is 1. The van der Waals surface area contributed by atoms with Crippen LogP contribution in [0.4, 0.5) is 5.69 Å². The fourth-order valence-electron chi connectivity index (χ4n) is 1.33. The van der Waals surface area contributed by atoms with Gasteiger partial charge in [0.1, 0.15) is 6.07 Å². The fraction of sp³-hybridized carbons (Fsp3) is 0.333. The number of hydrogen-bond donors (Lipinski definition) is 2. The van der Waals surface area contributed by atoms with Gasteiger partial charge < -0.3 is 15.4 Å². The molecule has 0 saturated carbocycles. The smallest absolute Gasteiger partial charge is 0.279 e. The SMILES string of the molecule is COCC[NH2+]CC(=O)Nc1ccc(C#N)c(Cl)c1. The maximum atomic E-state index is 11.6. The van der Waals surface area contributed by atoms with Crippen LogP contribution in [0, 0.1) is 11.3 Å². The van der Waals surface area contributed by atoms with Crippen LogP contribution in [-0.4, -0.2) is 32.7 Å². The summed E-state index contributed by atoms with van der Waals surface area (Å²) in [6.45, 7) is 1.66. The highest BCUT2D eigenvalue weighted by Crippen LogP contribution is 2.19. The number of carbonyl (C=O) groups is 1. The number of amides is 1. The molecule has 1 amide bonds. The summed E-state index contributed by atoms with van der Waals surface area (Å²) < 4.78 is 4.87. The van der Waals surface area contributed by atoms with Gasteiger partial charge in [-0.15, -0.1) is 0 Å². The molecular formula is C12H15ClN3O2+. The molecule has 0 atom stereocenters. The first-order chi connectivity index (χ1) is 8.67. The molecule has 0 fully saturated rings. The van der Waals surface area contributed by atoms with Gasteiger partial charge in [0.25, 0.3) is 5.91 Å². The molecule has 3 N–H and O–H groups in total. The van der Waals surface area contributed by atoms with E-state index in [1.807, 2.05) is 11.4 Å². The predicted octanol–water partition coefficient (Wildman–Crippen LogP) is 0.360. The Morgan fingerprint density at radius 1 is 1.61 bits per heavy atom. The molecule has 6 heteroatoms. The van der Waals surface area contributed by atoms with E-state index in [0.29, 0.717) is 29.4 Å². The Bertz CT molecular complexity index is 457. The van der Waals surface area contributed by atoms with Gasteiger partial charge in [0.15, 0.2) is 6.54 Å². The van der Waals surface area contributed by atoms with Crippen molar-refractivity contribution in [1.29, 1.82) is 5.26 Å². The molecule has 0 saturated heterocycles. The number of ether oxygens (including phenoxy) is 1. The second-order valence-corrected chi connectivity index (χ2v) is 4.04. The van der Waals surface area contributed by atoms with E-state index in [2.05, 4.69) is 5.32 Å². The first-order valence-corrected chi connectivity index (χ1v) is 5.85. The van der Waals surface area contributed by atoms with Gasteiger partial charge in [-0.1, -0.05) is 11.6 Å². The Kier molecular flexibility index (Phi) is 6.15. The Labute approximate surface area is 111 Å². The van der Waals surface area contributed by atoms with Crippen LogP contribution in [-0.2, 0) is 9.53 Å². The third-order valence-corrected chi connectivity index (χ3v) is 2.54. The van der Waals surface area contributed by atoms with E-state index in [9.17, 15) is 4.79 Å². The van der Waals surface area contributed by atoms with Crippen molar-refractivity contribution in [2.24, 2.45) is 0 Å². The molecule has 0 heterocycles. The third-order valence-electron chi connectivity index (χ3n) is 2.23. The maximum absolute atomic E-state index is 11.6. The number of rotatable bonds is 6. The van der Waals surface area contributed by atoms with Crippen LogP contribution in [0.1, 0.15) is 5.56 Å². The van der Waals surface area contributed by atoms with E-state index in [0.717, 1.165) is 6.54 Å². The van der Waals surface area contributed by atoms with Gasteiger partial charge in [-0.25, -0.2) is 0 Å². The van der Waals surface area contributed by atoms with Crippen molar-refractivity contribution in [2.45, 2.75) is 0 Å². The Morgan fingerprint density at radius 3 is 3.00 bits per heavy atom. The molecule has 1 rings (SSSR count). The van der Waals surface area contributed by atoms with E-state index in [4.69, 9.17) is 21.6 Å². The van der Waals surface area contributed by atoms with Gasteiger partial charge in [0.05, 0.1) is 23.7 Å². The molecule has 1 aromatic rings. The minimum atomic E-state index is -0.119. The highest BCUT2D eigenvalue weighted by molar-refractivity contribution is 6.32. The summed E-state index contributed by atoms with van der Waals surface area (Å²) in [5, 5.41) is 13.6. The third kappa shape index (κ3) is 4.72. The van der Waals surface area contributed by atoms with Crippen molar-refractivity contribution >= 4 is 23.2 Å². The number of benzene rings is 1. The number of nitrogens with zero attached hydrogens (tertiary/aromatic N) is 1. The molecule has 0 bridgehead atoms. The second kappa shape index (κ2) is 7.67. The van der Waals surface area contributed by atoms with Crippen molar-refractivity contribution in [3.8, 4) is 6.07 Å². The lowest BCUT2D eigenvalue weighted by Crippen LogP contribution is -2.87. The zero-order chi connectivity index (χ0) is 13.4. The molecule has 0 aliphatic heterocycles. The number of nitrogens with one attached hydrogen (secondary N) is 1. The number of quaternary nitrogens is 1. The molecule has 0 aromatic heterocycles. The van der Waals surface area contributed by atoms with Crippen molar-refractivity contribution in [3.63, 3.8) is 0 Å². The van der Waals surface area contributed by atoms with E-state index >= 15 is 0 Å². The Morgan fingerprint density at radius 2 is 2.39 bits per heavy atom. The molecule has 18 heavy (non-hydrogen) atoms. The van der Waals surface area contributed by atoms with Crippen LogP contribution in [0.2, 0.25) is 5.02 Å². The number of anilines is 1. The topological polar surface area (TPSA) is 78.7 Å². The molecule has 5 nitrogen and oxygen atoms in total. The van der Waals surface area contributed by atoms with Crippen LogP contribution in [0.15, 0.2) is 18.2 Å². The van der Waals surface area contributed by atoms with E-state index in [-0.39, 0.29) is 5.91 Å². The molecule has 96 valence electrons. The molecule has 0 radical (unpaired) electrons. The van der Waals surface area contributed by atoms with Crippen molar-refractivity contribution in [3.05, 3.63) is 28.8 Å². The minimum absolute atomic E-state index is 0.119. The summed E-state index contributed by atoms with van der Waals surface area (Å²) in [5.74, 6) is -0.119. The summed E-state index contributed by atoms with van der Waals surface area (Å²) >= 11 is 5.86. The van der Waals surface area contributed by atoms with E-state index in [1.165, 1.54) is 0 Å². The average molecular weight is 269 g/mol. The highest BCUT2D eigenvalue weighted by atomic mass is 35.5. The fourth-order valence-corrected chi connectivity index (χ4v) is 1.55. The van der Waals surface area contributed by atoms with Crippen molar-refractivity contribution in [2.75, 3.05) is 32.1 Å². The number of nitriles is 1. The minimum Gasteiger partial charge on any atom is -0.379 e. The standard InChI is InChI=1S/C12H14ClN3O2/c1-18-5-4-15-8-12(17)16-10-3-2-9(7-14)11(13)6-10/h2-3,6,15H,4-5,8H2,1H3,(H,16,17)/p+1. The molecule has 1 aromatic carbocycles. The highest BCUT2D eigenvalue weighted by Gasteiger charge is 2.06. The molecular weight excluding hydrogens is 254 g/mol. The lowest BCUT2D eigenvalue weighted by Gasteiger charge is -2.05. The van der Waals surface area contributed by atoms with Gasteiger partial charge in [0, 0.05) is 12.8 Å². The molecule has 0 aliphatic rings. The number of nitrogens with two attached hydrogens (primary N) is 1. The van der Waals surface area contributed by atoms with Gasteiger partial charge in [-0.2, -0.15) is 5.26 Å². The number of hydrogen-bond acceptors (Lipinski definition) is 3. The van der Waals surface area contributed by atoms with Gasteiger partial charge >= 0.3 is 0 Å². The molecule has 0 unspecified atom stereocenters. The molecule has 0 aliphatic carbocycles. The average Bonchev–Trinajstić information content (AvgIpc) is 2.35. The van der Waals surface area contributed by atoms with Gasteiger partial charge in [-0.3, -0.25) is 4.79 Å².